The van der Waals surface area contributed by atoms with E-state index in [0.29, 0.717) is 13.0 Å². The van der Waals surface area contributed by atoms with E-state index in [0.717, 1.165) is 25.7 Å². The lowest BCUT2D eigenvalue weighted by molar-refractivity contribution is -0.141. The van der Waals surface area contributed by atoms with E-state index in [1.807, 2.05) is 6.08 Å². The van der Waals surface area contributed by atoms with Crippen molar-refractivity contribution in [3.63, 3.8) is 0 Å². The number of methoxy groups -OCH3 is 3. The van der Waals surface area contributed by atoms with Gasteiger partial charge in [0.2, 0.25) is 0 Å². The van der Waals surface area contributed by atoms with Crippen LogP contribution >= 0.6 is 0 Å². The van der Waals surface area contributed by atoms with Crippen LogP contribution in [0.4, 0.5) is 0 Å². The summed E-state index contributed by atoms with van der Waals surface area (Å²) in [7, 11) is 4.35. The Bertz CT molecular complexity index is 327. The molecule has 0 aromatic carbocycles. The molecule has 0 radical (unpaired) electrons. The molecular formula is C16H28O6. The van der Waals surface area contributed by atoms with E-state index in [9.17, 15) is 9.59 Å². The Morgan fingerprint density at radius 3 is 2.36 bits per heavy atom. The first-order valence-electron chi connectivity index (χ1n) is 7.51. The second-order valence-corrected chi connectivity index (χ2v) is 4.92. The Morgan fingerprint density at radius 1 is 1.00 bits per heavy atom. The summed E-state index contributed by atoms with van der Waals surface area (Å²) in [4.78, 5) is 22.1. The number of rotatable bonds is 13. The van der Waals surface area contributed by atoms with Crippen LogP contribution in [0.1, 0.15) is 38.5 Å². The van der Waals surface area contributed by atoms with Gasteiger partial charge in [0.25, 0.3) is 0 Å². The normalized spacial score (nSPS) is 12.3. The number of ether oxygens (including phenoxy) is 4. The van der Waals surface area contributed by atoms with E-state index in [1.165, 1.54) is 14.2 Å². The van der Waals surface area contributed by atoms with Crippen LogP contribution in [0.3, 0.4) is 0 Å². The Kier molecular flexibility index (Phi) is 13.6. The van der Waals surface area contributed by atoms with Crippen LogP contribution in [0.2, 0.25) is 0 Å². The van der Waals surface area contributed by atoms with Crippen LogP contribution < -0.4 is 0 Å². The fourth-order valence-corrected chi connectivity index (χ4v) is 1.91. The minimum Gasteiger partial charge on any atom is -0.469 e. The van der Waals surface area contributed by atoms with Crippen LogP contribution in [-0.2, 0) is 28.5 Å². The number of hydrogen-bond acceptors (Lipinski definition) is 6. The predicted molar refractivity (Wildman–Crippen MR) is 82.2 cm³/mol. The van der Waals surface area contributed by atoms with E-state index in [-0.39, 0.29) is 31.1 Å². The van der Waals surface area contributed by atoms with Gasteiger partial charge in [0, 0.05) is 19.4 Å². The second kappa shape index (κ2) is 14.5. The van der Waals surface area contributed by atoms with Crippen molar-refractivity contribution < 1.29 is 28.5 Å². The number of carbonyl (C=O) groups is 2. The summed E-state index contributed by atoms with van der Waals surface area (Å²) < 4.78 is 19.4. The maximum atomic E-state index is 11.1. The molecule has 6 heteroatoms. The molecule has 0 amide bonds. The van der Waals surface area contributed by atoms with Crippen molar-refractivity contribution in [1.29, 1.82) is 0 Å². The van der Waals surface area contributed by atoms with Gasteiger partial charge in [0.1, 0.15) is 6.79 Å². The molecule has 0 N–H and O–H groups in total. The molecule has 0 heterocycles. The molecule has 128 valence electrons. The number of unbranched alkanes of at least 4 members (excludes halogenated alkanes) is 2. The van der Waals surface area contributed by atoms with Crippen LogP contribution in [0, 0.1) is 5.92 Å². The maximum Gasteiger partial charge on any atom is 0.309 e. The molecule has 0 saturated heterocycles. The summed E-state index contributed by atoms with van der Waals surface area (Å²) in [5, 5.41) is 0. The van der Waals surface area contributed by atoms with Gasteiger partial charge >= 0.3 is 11.9 Å². The highest BCUT2D eigenvalue weighted by Crippen LogP contribution is 2.14. The highest BCUT2D eigenvalue weighted by atomic mass is 16.7. The first-order chi connectivity index (χ1) is 10.6. The van der Waals surface area contributed by atoms with Crippen molar-refractivity contribution in [3.05, 3.63) is 12.2 Å². The topological polar surface area (TPSA) is 71.1 Å². The lowest BCUT2D eigenvalue weighted by atomic mass is 10.0. The molecule has 0 saturated carbocycles. The first kappa shape index (κ1) is 20.6. The van der Waals surface area contributed by atoms with Crippen molar-refractivity contribution in [2.45, 2.75) is 38.5 Å². The summed E-state index contributed by atoms with van der Waals surface area (Å²) in [6, 6.07) is 0. The average molecular weight is 316 g/mol. The smallest absolute Gasteiger partial charge is 0.309 e. The van der Waals surface area contributed by atoms with Crippen molar-refractivity contribution in [3.8, 4) is 0 Å². The van der Waals surface area contributed by atoms with Gasteiger partial charge in [0.15, 0.2) is 0 Å². The van der Waals surface area contributed by atoms with Gasteiger partial charge < -0.3 is 18.9 Å². The maximum absolute atomic E-state index is 11.1. The number of esters is 2. The SMILES string of the molecule is COCOCC(/C=C/CC(=O)OC)CCCCCC(=O)OC. The molecular weight excluding hydrogens is 288 g/mol. The molecule has 0 aliphatic carbocycles. The van der Waals surface area contributed by atoms with E-state index in [2.05, 4.69) is 9.47 Å². The summed E-state index contributed by atoms with van der Waals surface area (Å²) in [5.74, 6) is -0.207. The Morgan fingerprint density at radius 2 is 1.73 bits per heavy atom. The highest BCUT2D eigenvalue weighted by molar-refractivity contribution is 5.70. The van der Waals surface area contributed by atoms with Gasteiger partial charge in [-0.1, -0.05) is 25.0 Å². The fraction of sp³-hybridized carbons (Fsp3) is 0.750. The molecule has 0 bridgehead atoms. The van der Waals surface area contributed by atoms with Crippen molar-refractivity contribution in [1.82, 2.24) is 0 Å². The molecule has 0 aromatic heterocycles. The van der Waals surface area contributed by atoms with Crippen LogP contribution in [0.5, 0.6) is 0 Å². The quantitative estimate of drug-likeness (QED) is 0.225. The molecule has 22 heavy (non-hydrogen) atoms. The largest absolute Gasteiger partial charge is 0.469 e. The minimum absolute atomic E-state index is 0.169. The summed E-state index contributed by atoms with van der Waals surface area (Å²) in [6.45, 7) is 0.798. The Balaban J connectivity index is 4.01. The third-order valence-corrected chi connectivity index (χ3v) is 3.14. The van der Waals surface area contributed by atoms with Gasteiger partial charge in [-0.3, -0.25) is 9.59 Å². The zero-order valence-electron chi connectivity index (χ0n) is 13.8. The summed E-state index contributed by atoms with van der Waals surface area (Å²) in [5.41, 5.74) is 0. The predicted octanol–water partition coefficient (Wildman–Crippen LogP) is 2.47. The van der Waals surface area contributed by atoms with Crippen molar-refractivity contribution in [2.24, 2.45) is 5.92 Å². The lowest BCUT2D eigenvalue weighted by Crippen LogP contribution is -2.09. The van der Waals surface area contributed by atoms with E-state index < -0.39 is 0 Å². The Labute approximate surface area is 132 Å². The van der Waals surface area contributed by atoms with Crippen LogP contribution in [-0.4, -0.2) is 46.7 Å². The standard InChI is InChI=1S/C16H28O6/c1-19-13-22-12-14(9-7-11-16(18)21-3)8-5-4-6-10-15(17)20-2/h7,9,14H,4-6,8,10-13H2,1-3H3/b9-7+. The molecule has 1 unspecified atom stereocenters. The summed E-state index contributed by atoms with van der Waals surface area (Å²) >= 11 is 0. The molecule has 0 aromatic rings. The van der Waals surface area contributed by atoms with E-state index in [4.69, 9.17) is 9.47 Å². The highest BCUT2D eigenvalue weighted by Gasteiger charge is 2.07. The molecule has 1 atom stereocenters. The third-order valence-electron chi connectivity index (χ3n) is 3.14. The summed E-state index contributed by atoms with van der Waals surface area (Å²) in [6.07, 6.45) is 8.21. The zero-order chi connectivity index (χ0) is 16.6. The van der Waals surface area contributed by atoms with Crippen LogP contribution in [0.15, 0.2) is 12.2 Å². The monoisotopic (exact) mass is 316 g/mol. The third kappa shape index (κ3) is 12.3. The minimum atomic E-state index is -0.258. The first-order valence-corrected chi connectivity index (χ1v) is 7.51. The second-order valence-electron chi connectivity index (χ2n) is 4.92. The van der Waals surface area contributed by atoms with E-state index >= 15 is 0 Å². The van der Waals surface area contributed by atoms with Crippen LogP contribution in [0.25, 0.3) is 0 Å². The van der Waals surface area contributed by atoms with Gasteiger partial charge in [-0.15, -0.1) is 0 Å². The molecule has 0 aliphatic heterocycles. The van der Waals surface area contributed by atoms with Gasteiger partial charge in [-0.2, -0.15) is 0 Å². The number of hydrogen-bond donors (Lipinski definition) is 0. The molecule has 0 fully saturated rings. The Hall–Kier alpha value is -1.40. The van der Waals surface area contributed by atoms with Crippen molar-refractivity contribution >= 4 is 11.9 Å². The average Bonchev–Trinajstić information content (AvgIpc) is 2.53. The zero-order valence-corrected chi connectivity index (χ0v) is 13.8. The molecule has 0 spiro atoms. The molecule has 0 aliphatic rings. The van der Waals surface area contributed by atoms with Gasteiger partial charge in [-0.25, -0.2) is 0 Å². The van der Waals surface area contributed by atoms with Gasteiger partial charge in [0.05, 0.1) is 27.2 Å². The number of carbonyl (C=O) groups excluding carboxylic acids is 2. The fourth-order valence-electron chi connectivity index (χ4n) is 1.91. The van der Waals surface area contributed by atoms with Gasteiger partial charge in [-0.05, 0) is 12.8 Å². The molecule has 0 rings (SSSR count). The molecule has 6 nitrogen and oxygen atoms in total. The van der Waals surface area contributed by atoms with E-state index in [1.54, 1.807) is 13.2 Å². The van der Waals surface area contributed by atoms with Crippen molar-refractivity contribution in [2.75, 3.05) is 34.7 Å². The lowest BCUT2D eigenvalue weighted by Gasteiger charge is -2.13.